The van der Waals surface area contributed by atoms with Gasteiger partial charge in [0.1, 0.15) is 22.3 Å². The SMILES string of the molecule is N#C/C(=C\c1cc(Br)ccc1OS(=O)(=O)c1cccc([N+](=O)[O-])c1)C(=O)Nc1ccccc1Br. The van der Waals surface area contributed by atoms with Gasteiger partial charge in [0.15, 0.2) is 0 Å². The van der Waals surface area contributed by atoms with Gasteiger partial charge in [-0.2, -0.15) is 13.7 Å². The van der Waals surface area contributed by atoms with Crippen molar-refractivity contribution in [3.63, 3.8) is 0 Å². The average molecular weight is 607 g/mol. The van der Waals surface area contributed by atoms with E-state index in [1.54, 1.807) is 30.3 Å². The van der Waals surface area contributed by atoms with E-state index >= 15 is 0 Å². The summed E-state index contributed by atoms with van der Waals surface area (Å²) in [6.45, 7) is 0. The highest BCUT2D eigenvalue weighted by molar-refractivity contribution is 9.10. The number of nitrogens with zero attached hydrogens (tertiary/aromatic N) is 2. The van der Waals surface area contributed by atoms with Crippen LogP contribution in [0.4, 0.5) is 11.4 Å². The Balaban J connectivity index is 1.97. The van der Waals surface area contributed by atoms with Gasteiger partial charge in [0, 0.05) is 26.6 Å². The molecule has 1 amide bonds. The summed E-state index contributed by atoms with van der Waals surface area (Å²) in [5.74, 6) is -0.905. The minimum absolute atomic E-state index is 0.113. The summed E-state index contributed by atoms with van der Waals surface area (Å²) >= 11 is 6.56. The number of nitro benzene ring substituents is 1. The maximum Gasteiger partial charge on any atom is 0.339 e. The van der Waals surface area contributed by atoms with Crippen molar-refractivity contribution in [2.75, 3.05) is 5.32 Å². The second-order valence-electron chi connectivity index (χ2n) is 6.58. The maximum absolute atomic E-state index is 12.8. The van der Waals surface area contributed by atoms with Crippen LogP contribution in [-0.4, -0.2) is 19.2 Å². The molecular formula is C22H13Br2N3O6S. The van der Waals surface area contributed by atoms with Crippen LogP contribution in [0.1, 0.15) is 5.56 Å². The van der Waals surface area contributed by atoms with Gasteiger partial charge in [-0.3, -0.25) is 14.9 Å². The predicted molar refractivity (Wildman–Crippen MR) is 131 cm³/mol. The fourth-order valence-corrected chi connectivity index (χ4v) is 4.44. The molecule has 0 saturated heterocycles. The molecule has 0 fully saturated rings. The monoisotopic (exact) mass is 605 g/mol. The molecular weight excluding hydrogens is 594 g/mol. The number of amides is 1. The van der Waals surface area contributed by atoms with Crippen LogP contribution in [0.25, 0.3) is 6.08 Å². The Hall–Kier alpha value is -3.53. The third kappa shape index (κ3) is 6.07. The molecule has 9 nitrogen and oxygen atoms in total. The van der Waals surface area contributed by atoms with Crippen LogP contribution in [0.2, 0.25) is 0 Å². The number of nitriles is 1. The van der Waals surface area contributed by atoms with Gasteiger partial charge < -0.3 is 9.50 Å². The van der Waals surface area contributed by atoms with Gasteiger partial charge in [0.2, 0.25) is 0 Å². The van der Waals surface area contributed by atoms with Crippen molar-refractivity contribution in [3.8, 4) is 11.8 Å². The van der Waals surface area contributed by atoms with Gasteiger partial charge in [-0.05, 0) is 58.4 Å². The highest BCUT2D eigenvalue weighted by Gasteiger charge is 2.22. The Morgan fingerprint density at radius 1 is 1.09 bits per heavy atom. The van der Waals surface area contributed by atoms with E-state index in [1.807, 2.05) is 0 Å². The van der Waals surface area contributed by atoms with E-state index in [0.29, 0.717) is 14.6 Å². The standard InChI is InChI=1S/C22H13Br2N3O6S/c23-16-8-9-21(33-34(31,32)18-5-3-4-17(12-18)27(29)30)14(11-16)10-15(13-25)22(28)26-20-7-2-1-6-19(20)24/h1-12H,(H,26,28)/b15-10+. The fourth-order valence-electron chi connectivity index (χ4n) is 2.68. The summed E-state index contributed by atoms with van der Waals surface area (Å²) in [5, 5.41) is 23.1. The van der Waals surface area contributed by atoms with Crippen molar-refractivity contribution in [2.24, 2.45) is 0 Å². The first-order chi connectivity index (χ1) is 16.1. The summed E-state index contributed by atoms with van der Waals surface area (Å²) < 4.78 is 31.9. The number of rotatable bonds is 7. The van der Waals surface area contributed by atoms with Crippen LogP contribution >= 0.6 is 31.9 Å². The van der Waals surface area contributed by atoms with Crippen molar-refractivity contribution in [2.45, 2.75) is 4.90 Å². The molecule has 0 atom stereocenters. The Labute approximate surface area is 211 Å². The molecule has 0 unspecified atom stereocenters. The lowest BCUT2D eigenvalue weighted by Crippen LogP contribution is -2.14. The third-order valence-electron chi connectivity index (χ3n) is 4.28. The minimum atomic E-state index is -4.46. The van der Waals surface area contributed by atoms with E-state index in [1.165, 1.54) is 30.3 Å². The van der Waals surface area contributed by atoms with Crippen molar-refractivity contribution in [3.05, 3.63) is 96.9 Å². The largest absolute Gasteiger partial charge is 0.378 e. The van der Waals surface area contributed by atoms with Crippen LogP contribution in [-0.2, 0) is 14.9 Å². The number of para-hydroxylation sites is 1. The van der Waals surface area contributed by atoms with E-state index in [4.69, 9.17) is 4.18 Å². The highest BCUT2D eigenvalue weighted by atomic mass is 79.9. The van der Waals surface area contributed by atoms with Crippen LogP contribution in [0, 0.1) is 21.4 Å². The van der Waals surface area contributed by atoms with Gasteiger partial charge in [-0.15, -0.1) is 0 Å². The molecule has 0 bridgehead atoms. The molecule has 172 valence electrons. The van der Waals surface area contributed by atoms with Gasteiger partial charge in [0.25, 0.3) is 11.6 Å². The normalized spacial score (nSPS) is 11.4. The summed E-state index contributed by atoms with van der Waals surface area (Å²) in [5.41, 5.74) is -0.183. The lowest BCUT2D eigenvalue weighted by atomic mass is 10.1. The number of carbonyl (C=O) groups is 1. The zero-order chi connectivity index (χ0) is 24.9. The molecule has 0 aromatic heterocycles. The molecule has 1 N–H and O–H groups in total. The van der Waals surface area contributed by atoms with Crippen LogP contribution in [0.5, 0.6) is 5.75 Å². The molecule has 3 aromatic carbocycles. The molecule has 0 aliphatic carbocycles. The molecule has 0 radical (unpaired) electrons. The smallest absolute Gasteiger partial charge is 0.339 e. The van der Waals surface area contributed by atoms with E-state index < -0.39 is 31.5 Å². The first kappa shape index (κ1) is 25.1. The van der Waals surface area contributed by atoms with Crippen LogP contribution in [0.3, 0.4) is 0 Å². The molecule has 12 heteroatoms. The molecule has 34 heavy (non-hydrogen) atoms. The van der Waals surface area contributed by atoms with E-state index in [0.717, 1.165) is 18.2 Å². The lowest BCUT2D eigenvalue weighted by Gasteiger charge is -2.11. The first-order valence-electron chi connectivity index (χ1n) is 9.27. The molecule has 0 spiro atoms. The highest BCUT2D eigenvalue weighted by Crippen LogP contribution is 2.30. The molecule has 3 rings (SSSR count). The molecule has 0 heterocycles. The molecule has 0 aliphatic heterocycles. The number of halogens is 2. The van der Waals surface area contributed by atoms with Crippen molar-refractivity contribution in [1.29, 1.82) is 5.26 Å². The van der Waals surface area contributed by atoms with Gasteiger partial charge in [-0.25, -0.2) is 0 Å². The number of hydrogen-bond acceptors (Lipinski definition) is 7. The summed E-state index contributed by atoms with van der Waals surface area (Å²) in [7, 11) is -4.46. The van der Waals surface area contributed by atoms with E-state index in [-0.39, 0.29) is 16.9 Å². The number of non-ortho nitro benzene ring substituents is 1. The quantitative estimate of drug-likeness (QED) is 0.124. The van der Waals surface area contributed by atoms with Crippen LogP contribution < -0.4 is 9.50 Å². The zero-order valence-corrected chi connectivity index (χ0v) is 20.9. The number of anilines is 1. The van der Waals surface area contributed by atoms with Crippen molar-refractivity contribution < 1.29 is 22.3 Å². The minimum Gasteiger partial charge on any atom is -0.378 e. The average Bonchev–Trinajstić information content (AvgIpc) is 2.80. The number of hydrogen-bond donors (Lipinski definition) is 1. The second-order valence-corrected chi connectivity index (χ2v) is 9.89. The third-order valence-corrected chi connectivity index (χ3v) is 6.69. The lowest BCUT2D eigenvalue weighted by molar-refractivity contribution is -0.385. The molecule has 0 aliphatic rings. The van der Waals surface area contributed by atoms with E-state index in [9.17, 15) is 28.6 Å². The maximum atomic E-state index is 12.8. The van der Waals surface area contributed by atoms with Crippen molar-refractivity contribution >= 4 is 65.3 Å². The van der Waals surface area contributed by atoms with Gasteiger partial charge in [-0.1, -0.05) is 34.1 Å². The van der Waals surface area contributed by atoms with Gasteiger partial charge >= 0.3 is 10.1 Å². The summed E-state index contributed by atoms with van der Waals surface area (Å²) in [4.78, 5) is 22.5. The first-order valence-corrected chi connectivity index (χ1v) is 12.3. The number of carbonyl (C=O) groups excluding carboxylic acids is 1. The fraction of sp³-hybridized carbons (Fsp3) is 0. The Morgan fingerprint density at radius 2 is 1.82 bits per heavy atom. The summed E-state index contributed by atoms with van der Waals surface area (Å²) in [6, 6.07) is 17.3. The number of nitrogens with one attached hydrogen (secondary N) is 1. The molecule has 3 aromatic rings. The Morgan fingerprint density at radius 3 is 2.50 bits per heavy atom. The Bertz CT molecular complexity index is 1470. The summed E-state index contributed by atoms with van der Waals surface area (Å²) in [6.07, 6.45) is 1.18. The van der Waals surface area contributed by atoms with E-state index in [2.05, 4.69) is 37.2 Å². The number of nitro groups is 1. The Kier molecular flexibility index (Phi) is 7.83. The zero-order valence-electron chi connectivity index (χ0n) is 16.9. The van der Waals surface area contributed by atoms with Crippen molar-refractivity contribution in [1.82, 2.24) is 0 Å². The number of benzene rings is 3. The second kappa shape index (κ2) is 10.6. The predicted octanol–water partition coefficient (Wildman–Crippen LogP) is 5.43. The van der Waals surface area contributed by atoms with Crippen LogP contribution in [0.15, 0.2) is 86.1 Å². The topological polar surface area (TPSA) is 139 Å². The van der Waals surface area contributed by atoms with Gasteiger partial charge in [0.05, 0.1) is 10.6 Å². The molecule has 0 saturated carbocycles.